The molecule has 0 bridgehead atoms. The van der Waals surface area contributed by atoms with Gasteiger partial charge in [-0.1, -0.05) is 67.2 Å². The zero-order valence-corrected chi connectivity index (χ0v) is 23.9. The van der Waals surface area contributed by atoms with Crippen LogP contribution in [0.15, 0.2) is 89.2 Å². The van der Waals surface area contributed by atoms with Gasteiger partial charge in [0, 0.05) is 11.4 Å². The molecular formula is C31H33N5O3S. The standard InChI is InChI=1S/C31H33N5O3S/c1-5-18-40-31-34-30-32-21(3)27(29(37)33-25-12-8-9-13-26(25)38-4)28(36(30)35-31)22-14-16-24(17-15-22)39-19-23-11-7-6-10-20(23)2/h6-17,28H,5,18-19H2,1-4H3,(H,33,37)(H,32,34,35). The Morgan fingerprint density at radius 2 is 1.80 bits per heavy atom. The Bertz CT molecular complexity index is 1530. The summed E-state index contributed by atoms with van der Waals surface area (Å²) in [5.41, 5.74) is 5.08. The van der Waals surface area contributed by atoms with Crippen LogP contribution in [0, 0.1) is 6.92 Å². The highest BCUT2D eigenvalue weighted by Crippen LogP contribution is 2.38. The number of fused-ring (bicyclic) bond motifs is 1. The third-order valence-electron chi connectivity index (χ3n) is 6.72. The van der Waals surface area contributed by atoms with Crippen molar-refractivity contribution < 1.29 is 14.3 Å². The highest BCUT2D eigenvalue weighted by atomic mass is 32.2. The van der Waals surface area contributed by atoms with E-state index in [9.17, 15) is 4.79 Å². The van der Waals surface area contributed by atoms with Crippen molar-refractivity contribution in [2.45, 2.75) is 45.0 Å². The van der Waals surface area contributed by atoms with Gasteiger partial charge in [0.2, 0.25) is 11.1 Å². The fourth-order valence-electron chi connectivity index (χ4n) is 4.61. The zero-order valence-electron chi connectivity index (χ0n) is 23.1. The van der Waals surface area contributed by atoms with Gasteiger partial charge in [-0.05, 0) is 61.2 Å². The van der Waals surface area contributed by atoms with Crippen LogP contribution in [0.5, 0.6) is 11.5 Å². The molecular weight excluding hydrogens is 522 g/mol. The Morgan fingerprint density at radius 1 is 1.05 bits per heavy atom. The average molecular weight is 556 g/mol. The summed E-state index contributed by atoms with van der Waals surface area (Å²) in [6.07, 6.45) is 1.01. The molecule has 0 saturated heterocycles. The maximum Gasteiger partial charge on any atom is 0.255 e. The summed E-state index contributed by atoms with van der Waals surface area (Å²) in [7, 11) is 1.58. The first-order valence-electron chi connectivity index (χ1n) is 13.3. The lowest BCUT2D eigenvalue weighted by Crippen LogP contribution is -2.31. The number of hydrogen-bond donors (Lipinski definition) is 2. The summed E-state index contributed by atoms with van der Waals surface area (Å²) in [5, 5.41) is 11.8. The lowest BCUT2D eigenvalue weighted by atomic mass is 9.95. The third kappa shape index (κ3) is 5.84. The van der Waals surface area contributed by atoms with E-state index < -0.39 is 6.04 Å². The van der Waals surface area contributed by atoms with Crippen molar-refractivity contribution in [1.29, 1.82) is 0 Å². The highest BCUT2D eigenvalue weighted by molar-refractivity contribution is 7.99. The summed E-state index contributed by atoms with van der Waals surface area (Å²) in [6.45, 7) is 6.57. The predicted molar refractivity (Wildman–Crippen MR) is 159 cm³/mol. The van der Waals surface area contributed by atoms with E-state index in [4.69, 9.17) is 19.6 Å². The van der Waals surface area contributed by atoms with Crippen molar-refractivity contribution in [3.05, 3.63) is 101 Å². The molecule has 1 unspecified atom stereocenters. The largest absolute Gasteiger partial charge is 0.495 e. The number of anilines is 2. The minimum Gasteiger partial charge on any atom is -0.495 e. The molecule has 206 valence electrons. The van der Waals surface area contributed by atoms with Gasteiger partial charge in [-0.2, -0.15) is 4.98 Å². The predicted octanol–water partition coefficient (Wildman–Crippen LogP) is 6.60. The number of para-hydroxylation sites is 2. The summed E-state index contributed by atoms with van der Waals surface area (Å²) in [6, 6.07) is 22.9. The lowest BCUT2D eigenvalue weighted by molar-refractivity contribution is -0.113. The van der Waals surface area contributed by atoms with E-state index >= 15 is 0 Å². The van der Waals surface area contributed by atoms with E-state index in [-0.39, 0.29) is 5.91 Å². The van der Waals surface area contributed by atoms with E-state index in [1.165, 1.54) is 5.56 Å². The number of benzene rings is 3. The molecule has 2 N–H and O–H groups in total. The van der Waals surface area contributed by atoms with Crippen LogP contribution in [0.4, 0.5) is 11.6 Å². The molecule has 0 radical (unpaired) electrons. The number of methoxy groups -OCH3 is 1. The molecule has 3 aromatic carbocycles. The molecule has 1 amide bonds. The number of hydrogen-bond acceptors (Lipinski definition) is 7. The first-order valence-corrected chi connectivity index (χ1v) is 14.3. The fourth-order valence-corrected chi connectivity index (χ4v) is 5.29. The summed E-state index contributed by atoms with van der Waals surface area (Å²) in [5.74, 6) is 2.61. The van der Waals surface area contributed by atoms with Crippen LogP contribution in [0.25, 0.3) is 0 Å². The number of aryl methyl sites for hydroxylation is 1. The number of carbonyl (C=O) groups excluding carboxylic acids is 1. The van der Waals surface area contributed by atoms with Crippen molar-refractivity contribution in [2.75, 3.05) is 23.5 Å². The van der Waals surface area contributed by atoms with Crippen LogP contribution in [-0.4, -0.2) is 33.5 Å². The Hall–Kier alpha value is -4.24. The van der Waals surface area contributed by atoms with Gasteiger partial charge >= 0.3 is 0 Å². The van der Waals surface area contributed by atoms with Crippen molar-refractivity contribution >= 4 is 29.3 Å². The minimum atomic E-state index is -0.486. The molecule has 0 saturated carbocycles. The number of aromatic nitrogens is 3. The van der Waals surface area contributed by atoms with Crippen LogP contribution in [0.2, 0.25) is 0 Å². The SMILES string of the molecule is CCCSc1nc2n(n1)C(c1ccc(OCc3ccccc3C)cc1)C(C(=O)Nc1ccccc1OC)=C(C)N2. The molecule has 40 heavy (non-hydrogen) atoms. The second-order valence-electron chi connectivity index (χ2n) is 9.52. The number of rotatable bonds is 10. The van der Waals surface area contributed by atoms with Crippen LogP contribution in [-0.2, 0) is 11.4 Å². The number of nitrogens with one attached hydrogen (secondary N) is 2. The van der Waals surface area contributed by atoms with Crippen LogP contribution in [0.3, 0.4) is 0 Å². The van der Waals surface area contributed by atoms with Gasteiger partial charge in [-0.25, -0.2) is 4.68 Å². The average Bonchev–Trinajstić information content (AvgIpc) is 3.37. The zero-order chi connectivity index (χ0) is 28.1. The molecule has 1 aliphatic rings. The second-order valence-corrected chi connectivity index (χ2v) is 10.6. The quantitative estimate of drug-likeness (QED) is 0.213. The Morgan fingerprint density at radius 3 is 2.55 bits per heavy atom. The van der Waals surface area contributed by atoms with E-state index in [0.717, 1.165) is 29.1 Å². The summed E-state index contributed by atoms with van der Waals surface area (Å²) >= 11 is 1.60. The molecule has 1 atom stereocenters. The fraction of sp³-hybridized carbons (Fsp3) is 0.258. The second kappa shape index (κ2) is 12.3. The number of amides is 1. The van der Waals surface area contributed by atoms with E-state index in [1.807, 2.05) is 67.6 Å². The van der Waals surface area contributed by atoms with Crippen molar-refractivity contribution in [3.63, 3.8) is 0 Å². The number of ether oxygens (including phenoxy) is 2. The number of nitrogens with zero attached hydrogens (tertiary/aromatic N) is 3. The van der Waals surface area contributed by atoms with Gasteiger partial charge < -0.3 is 20.1 Å². The highest BCUT2D eigenvalue weighted by Gasteiger charge is 2.34. The van der Waals surface area contributed by atoms with Crippen LogP contribution >= 0.6 is 11.8 Å². The van der Waals surface area contributed by atoms with Gasteiger partial charge in [-0.3, -0.25) is 4.79 Å². The Balaban J connectivity index is 1.46. The topological polar surface area (TPSA) is 90.3 Å². The minimum absolute atomic E-state index is 0.247. The maximum absolute atomic E-state index is 13.8. The monoisotopic (exact) mass is 555 g/mol. The van der Waals surface area contributed by atoms with Crippen molar-refractivity contribution in [2.24, 2.45) is 0 Å². The molecule has 0 spiro atoms. The molecule has 0 aliphatic carbocycles. The number of allylic oxidation sites excluding steroid dienone is 1. The molecule has 1 aromatic heterocycles. The van der Waals surface area contributed by atoms with Gasteiger partial charge in [0.05, 0.1) is 18.4 Å². The van der Waals surface area contributed by atoms with Gasteiger partial charge in [-0.15, -0.1) is 5.10 Å². The summed E-state index contributed by atoms with van der Waals surface area (Å²) < 4.78 is 13.3. The Kier molecular flexibility index (Phi) is 8.40. The lowest BCUT2D eigenvalue weighted by Gasteiger charge is -2.29. The van der Waals surface area contributed by atoms with Crippen LogP contribution in [0.1, 0.15) is 43.0 Å². The summed E-state index contributed by atoms with van der Waals surface area (Å²) in [4.78, 5) is 18.5. The molecule has 1 aliphatic heterocycles. The normalized spacial score (nSPS) is 14.3. The van der Waals surface area contributed by atoms with Crippen molar-refractivity contribution in [1.82, 2.24) is 14.8 Å². The smallest absolute Gasteiger partial charge is 0.255 e. The molecule has 2 heterocycles. The van der Waals surface area contributed by atoms with Crippen LogP contribution < -0.4 is 20.1 Å². The molecule has 5 rings (SSSR count). The third-order valence-corrected chi connectivity index (χ3v) is 7.76. The number of carbonyl (C=O) groups is 1. The molecule has 0 fully saturated rings. The first kappa shape index (κ1) is 27.3. The molecule has 4 aromatic rings. The van der Waals surface area contributed by atoms with E-state index in [1.54, 1.807) is 23.6 Å². The Labute approximate surface area is 238 Å². The first-order chi connectivity index (χ1) is 19.5. The molecule has 8 nitrogen and oxygen atoms in total. The number of thioether (sulfide) groups is 1. The van der Waals surface area contributed by atoms with Gasteiger partial charge in [0.25, 0.3) is 5.91 Å². The van der Waals surface area contributed by atoms with Gasteiger partial charge in [0.1, 0.15) is 24.1 Å². The van der Waals surface area contributed by atoms with E-state index in [2.05, 4.69) is 36.6 Å². The maximum atomic E-state index is 13.8. The van der Waals surface area contributed by atoms with Crippen molar-refractivity contribution in [3.8, 4) is 11.5 Å². The van der Waals surface area contributed by atoms with E-state index in [0.29, 0.717) is 40.4 Å². The molecule has 9 heteroatoms. The van der Waals surface area contributed by atoms with Gasteiger partial charge in [0.15, 0.2) is 0 Å².